The summed E-state index contributed by atoms with van der Waals surface area (Å²) in [6, 6.07) is 9.76. The number of carboxylic acid groups (broad SMARTS) is 1. The largest absolute Gasteiger partial charge is 0.465 e. The van der Waals surface area contributed by atoms with Crippen molar-refractivity contribution in [3.63, 3.8) is 0 Å². The van der Waals surface area contributed by atoms with Crippen molar-refractivity contribution in [2.75, 3.05) is 6.54 Å². The van der Waals surface area contributed by atoms with E-state index < -0.39 is 12.2 Å². The third kappa shape index (κ3) is 5.36. The SMILES string of the molecule is O=C(O)NCCCC(O)Cc1ccccc1. The lowest BCUT2D eigenvalue weighted by atomic mass is 10.0. The Morgan fingerprint density at radius 2 is 2.00 bits per heavy atom. The van der Waals surface area contributed by atoms with Gasteiger partial charge in [-0.25, -0.2) is 4.79 Å². The molecule has 16 heavy (non-hydrogen) atoms. The second-order valence-corrected chi connectivity index (χ2v) is 3.72. The van der Waals surface area contributed by atoms with Crippen molar-refractivity contribution in [1.29, 1.82) is 0 Å². The summed E-state index contributed by atoms with van der Waals surface area (Å²) in [5, 5.41) is 20.3. The van der Waals surface area contributed by atoms with Crippen LogP contribution in [0.5, 0.6) is 0 Å². The fourth-order valence-electron chi connectivity index (χ4n) is 1.52. The summed E-state index contributed by atoms with van der Waals surface area (Å²) >= 11 is 0. The van der Waals surface area contributed by atoms with E-state index in [2.05, 4.69) is 5.32 Å². The van der Waals surface area contributed by atoms with Gasteiger partial charge in [-0.15, -0.1) is 0 Å². The summed E-state index contributed by atoms with van der Waals surface area (Å²) in [6.07, 6.45) is 0.458. The summed E-state index contributed by atoms with van der Waals surface area (Å²) < 4.78 is 0. The normalized spacial score (nSPS) is 12.1. The van der Waals surface area contributed by atoms with E-state index in [0.29, 0.717) is 25.8 Å². The molecule has 1 unspecified atom stereocenters. The summed E-state index contributed by atoms with van der Waals surface area (Å²) in [5.41, 5.74) is 1.10. The van der Waals surface area contributed by atoms with Crippen molar-refractivity contribution in [3.8, 4) is 0 Å². The van der Waals surface area contributed by atoms with Crippen LogP contribution in [0.15, 0.2) is 30.3 Å². The van der Waals surface area contributed by atoms with Crippen molar-refractivity contribution >= 4 is 6.09 Å². The highest BCUT2D eigenvalue weighted by Gasteiger charge is 2.05. The molecule has 1 atom stereocenters. The second-order valence-electron chi connectivity index (χ2n) is 3.72. The number of aliphatic hydroxyl groups excluding tert-OH is 1. The molecule has 3 N–H and O–H groups in total. The van der Waals surface area contributed by atoms with Crippen molar-refractivity contribution in [2.24, 2.45) is 0 Å². The molecule has 1 rings (SSSR count). The van der Waals surface area contributed by atoms with Gasteiger partial charge in [0, 0.05) is 6.54 Å². The minimum Gasteiger partial charge on any atom is -0.465 e. The Kier molecular flexibility index (Phi) is 5.36. The Balaban J connectivity index is 2.16. The van der Waals surface area contributed by atoms with Gasteiger partial charge in [0.1, 0.15) is 0 Å². The number of aliphatic hydroxyl groups is 1. The van der Waals surface area contributed by atoms with Crippen LogP contribution >= 0.6 is 0 Å². The van der Waals surface area contributed by atoms with Gasteiger partial charge in [-0.1, -0.05) is 30.3 Å². The van der Waals surface area contributed by atoms with Gasteiger partial charge in [-0.05, 0) is 24.8 Å². The Morgan fingerprint density at radius 1 is 1.31 bits per heavy atom. The van der Waals surface area contributed by atoms with Crippen LogP contribution in [-0.4, -0.2) is 29.0 Å². The molecule has 0 aliphatic heterocycles. The molecule has 4 nitrogen and oxygen atoms in total. The Hall–Kier alpha value is -1.55. The third-order valence-corrected chi connectivity index (χ3v) is 2.30. The van der Waals surface area contributed by atoms with E-state index in [9.17, 15) is 9.90 Å². The zero-order chi connectivity index (χ0) is 11.8. The van der Waals surface area contributed by atoms with Crippen LogP contribution in [0.3, 0.4) is 0 Å². The van der Waals surface area contributed by atoms with E-state index in [4.69, 9.17) is 5.11 Å². The van der Waals surface area contributed by atoms with Gasteiger partial charge in [-0.2, -0.15) is 0 Å². The summed E-state index contributed by atoms with van der Waals surface area (Å²) in [4.78, 5) is 10.2. The Bertz CT molecular complexity index is 313. The summed E-state index contributed by atoms with van der Waals surface area (Å²) in [5.74, 6) is 0. The number of benzene rings is 1. The zero-order valence-electron chi connectivity index (χ0n) is 9.10. The topological polar surface area (TPSA) is 69.6 Å². The summed E-state index contributed by atoms with van der Waals surface area (Å²) in [7, 11) is 0. The fourth-order valence-corrected chi connectivity index (χ4v) is 1.52. The van der Waals surface area contributed by atoms with Gasteiger partial charge in [0.2, 0.25) is 0 Å². The molecule has 0 aliphatic rings. The molecule has 0 saturated carbocycles. The minimum absolute atomic E-state index is 0.390. The minimum atomic E-state index is -1.02. The monoisotopic (exact) mass is 223 g/mol. The second kappa shape index (κ2) is 6.85. The first-order valence-electron chi connectivity index (χ1n) is 5.37. The predicted molar refractivity (Wildman–Crippen MR) is 61.4 cm³/mol. The molecule has 0 heterocycles. The van der Waals surface area contributed by atoms with E-state index in [-0.39, 0.29) is 0 Å². The van der Waals surface area contributed by atoms with E-state index >= 15 is 0 Å². The zero-order valence-corrected chi connectivity index (χ0v) is 9.10. The van der Waals surface area contributed by atoms with Crippen LogP contribution in [-0.2, 0) is 6.42 Å². The maximum absolute atomic E-state index is 10.2. The maximum atomic E-state index is 10.2. The highest BCUT2D eigenvalue weighted by Crippen LogP contribution is 2.06. The lowest BCUT2D eigenvalue weighted by Gasteiger charge is -2.10. The van der Waals surface area contributed by atoms with E-state index in [1.807, 2.05) is 30.3 Å². The average Bonchev–Trinajstić information content (AvgIpc) is 2.25. The molecule has 0 fully saturated rings. The van der Waals surface area contributed by atoms with Crippen LogP contribution in [0.25, 0.3) is 0 Å². The Morgan fingerprint density at radius 3 is 2.62 bits per heavy atom. The quantitative estimate of drug-likeness (QED) is 0.642. The predicted octanol–water partition coefficient (Wildman–Crippen LogP) is 1.64. The van der Waals surface area contributed by atoms with Crippen molar-refractivity contribution < 1.29 is 15.0 Å². The molecular weight excluding hydrogens is 206 g/mol. The number of rotatable bonds is 6. The molecule has 0 bridgehead atoms. The van der Waals surface area contributed by atoms with E-state index in [0.717, 1.165) is 5.56 Å². The lowest BCUT2D eigenvalue weighted by molar-refractivity contribution is 0.160. The maximum Gasteiger partial charge on any atom is 0.404 e. The van der Waals surface area contributed by atoms with Crippen LogP contribution < -0.4 is 5.32 Å². The molecule has 0 radical (unpaired) electrons. The van der Waals surface area contributed by atoms with Gasteiger partial charge in [0.05, 0.1) is 6.10 Å². The first-order chi connectivity index (χ1) is 7.68. The van der Waals surface area contributed by atoms with Gasteiger partial charge in [0.25, 0.3) is 0 Å². The number of hydrogen-bond acceptors (Lipinski definition) is 2. The lowest BCUT2D eigenvalue weighted by Crippen LogP contribution is -2.23. The molecule has 0 saturated heterocycles. The molecule has 1 aromatic rings. The van der Waals surface area contributed by atoms with Crippen LogP contribution in [0.4, 0.5) is 4.79 Å². The summed E-state index contributed by atoms with van der Waals surface area (Å²) in [6.45, 7) is 0.390. The molecular formula is C12H17NO3. The molecule has 1 aromatic carbocycles. The average molecular weight is 223 g/mol. The Labute approximate surface area is 94.9 Å². The van der Waals surface area contributed by atoms with Crippen LogP contribution in [0.1, 0.15) is 18.4 Å². The standard InChI is InChI=1S/C12H17NO3/c14-11(7-4-8-13-12(15)16)9-10-5-2-1-3-6-10/h1-3,5-6,11,13-14H,4,7-9H2,(H,15,16). The van der Waals surface area contributed by atoms with Gasteiger partial charge in [-0.3, -0.25) is 0 Å². The first-order valence-corrected chi connectivity index (χ1v) is 5.37. The van der Waals surface area contributed by atoms with Crippen LogP contribution in [0.2, 0.25) is 0 Å². The van der Waals surface area contributed by atoms with Crippen molar-refractivity contribution in [2.45, 2.75) is 25.4 Å². The fraction of sp³-hybridized carbons (Fsp3) is 0.417. The van der Waals surface area contributed by atoms with E-state index in [1.165, 1.54) is 0 Å². The third-order valence-electron chi connectivity index (χ3n) is 2.30. The smallest absolute Gasteiger partial charge is 0.404 e. The first kappa shape index (κ1) is 12.5. The molecule has 0 aromatic heterocycles. The molecule has 0 aliphatic carbocycles. The molecule has 88 valence electrons. The molecule has 1 amide bonds. The molecule has 4 heteroatoms. The van der Waals surface area contributed by atoms with Crippen LogP contribution in [0, 0.1) is 0 Å². The number of carbonyl (C=O) groups is 1. The van der Waals surface area contributed by atoms with Crippen molar-refractivity contribution in [1.82, 2.24) is 5.32 Å². The highest BCUT2D eigenvalue weighted by atomic mass is 16.4. The molecule has 0 spiro atoms. The van der Waals surface area contributed by atoms with Gasteiger partial charge in [0.15, 0.2) is 0 Å². The van der Waals surface area contributed by atoms with Gasteiger partial charge < -0.3 is 15.5 Å². The van der Waals surface area contributed by atoms with E-state index in [1.54, 1.807) is 0 Å². The number of amides is 1. The number of hydrogen-bond donors (Lipinski definition) is 3. The van der Waals surface area contributed by atoms with Gasteiger partial charge >= 0.3 is 6.09 Å². The highest BCUT2D eigenvalue weighted by molar-refractivity contribution is 5.64. The van der Waals surface area contributed by atoms with Crippen molar-refractivity contribution in [3.05, 3.63) is 35.9 Å². The number of nitrogens with one attached hydrogen (secondary N) is 1.